The Morgan fingerprint density at radius 1 is 1.44 bits per heavy atom. The van der Waals surface area contributed by atoms with E-state index in [1.165, 1.54) is 23.1 Å². The molecule has 0 aliphatic carbocycles. The summed E-state index contributed by atoms with van der Waals surface area (Å²) in [5.74, 6) is -2.56. The minimum atomic E-state index is -0.921. The van der Waals surface area contributed by atoms with E-state index in [4.69, 9.17) is 16.7 Å². The molecule has 1 aliphatic rings. The second kappa shape index (κ2) is 4.94. The molecule has 0 bridgehead atoms. The van der Waals surface area contributed by atoms with Crippen LogP contribution >= 0.6 is 11.6 Å². The van der Waals surface area contributed by atoms with E-state index in [2.05, 4.69) is 0 Å². The Bertz CT molecular complexity index is 506. The van der Waals surface area contributed by atoms with Gasteiger partial charge in [0.25, 0.3) is 5.91 Å². The number of carboxylic acids is 1. The molecular formula is C12H11ClFNO3. The molecule has 1 amide bonds. The highest BCUT2D eigenvalue weighted by Crippen LogP contribution is 2.24. The van der Waals surface area contributed by atoms with Gasteiger partial charge in [-0.3, -0.25) is 9.59 Å². The van der Waals surface area contributed by atoms with Crippen LogP contribution in [-0.2, 0) is 4.79 Å². The summed E-state index contributed by atoms with van der Waals surface area (Å²) in [6.07, 6.45) is 0.411. The fourth-order valence-corrected chi connectivity index (χ4v) is 2.19. The number of halogens is 2. The number of nitrogens with zero attached hydrogens (tertiary/aromatic N) is 1. The van der Waals surface area contributed by atoms with E-state index < -0.39 is 23.6 Å². The molecule has 1 heterocycles. The first kappa shape index (κ1) is 12.8. The van der Waals surface area contributed by atoms with Crippen LogP contribution in [0, 0.1) is 11.7 Å². The molecule has 0 spiro atoms. The van der Waals surface area contributed by atoms with Crippen LogP contribution in [0.2, 0.25) is 5.02 Å². The maximum absolute atomic E-state index is 13.2. The largest absolute Gasteiger partial charge is 0.481 e. The summed E-state index contributed by atoms with van der Waals surface area (Å²) in [6, 6.07) is 4.00. The highest BCUT2D eigenvalue weighted by atomic mass is 35.5. The van der Waals surface area contributed by atoms with Gasteiger partial charge in [0.1, 0.15) is 5.82 Å². The number of benzene rings is 1. The average Bonchev–Trinajstić information content (AvgIpc) is 2.81. The van der Waals surface area contributed by atoms with Gasteiger partial charge < -0.3 is 10.0 Å². The zero-order valence-electron chi connectivity index (χ0n) is 9.40. The smallest absolute Gasteiger partial charge is 0.308 e. The summed E-state index contributed by atoms with van der Waals surface area (Å²) >= 11 is 5.73. The first-order valence-corrected chi connectivity index (χ1v) is 5.84. The van der Waals surface area contributed by atoms with Gasteiger partial charge in [0.05, 0.1) is 16.5 Å². The van der Waals surface area contributed by atoms with Crippen molar-refractivity contribution in [3.63, 3.8) is 0 Å². The van der Waals surface area contributed by atoms with E-state index in [-0.39, 0.29) is 17.1 Å². The van der Waals surface area contributed by atoms with Crippen LogP contribution in [0.5, 0.6) is 0 Å². The van der Waals surface area contributed by atoms with E-state index in [1.54, 1.807) is 0 Å². The van der Waals surface area contributed by atoms with Crippen LogP contribution in [-0.4, -0.2) is 35.0 Å². The molecular weight excluding hydrogens is 261 g/mol. The van der Waals surface area contributed by atoms with Crippen LogP contribution in [0.3, 0.4) is 0 Å². The van der Waals surface area contributed by atoms with Gasteiger partial charge in [-0.15, -0.1) is 0 Å². The van der Waals surface area contributed by atoms with Crippen LogP contribution in [0.25, 0.3) is 0 Å². The van der Waals surface area contributed by atoms with Gasteiger partial charge >= 0.3 is 5.97 Å². The van der Waals surface area contributed by atoms with Crippen molar-refractivity contribution in [2.24, 2.45) is 5.92 Å². The van der Waals surface area contributed by atoms with E-state index in [9.17, 15) is 14.0 Å². The zero-order chi connectivity index (χ0) is 13.3. The fraction of sp³-hybridized carbons (Fsp3) is 0.333. The number of aliphatic carboxylic acids is 1. The first-order chi connectivity index (χ1) is 8.50. The molecule has 1 aromatic carbocycles. The van der Waals surface area contributed by atoms with Gasteiger partial charge in [-0.05, 0) is 18.6 Å². The molecule has 0 unspecified atom stereocenters. The molecule has 1 aliphatic heterocycles. The molecule has 0 aromatic heterocycles. The Kier molecular flexibility index (Phi) is 3.52. The third kappa shape index (κ3) is 2.31. The molecule has 4 nitrogen and oxygen atoms in total. The number of carbonyl (C=O) groups is 2. The normalized spacial score (nSPS) is 19.0. The van der Waals surface area contributed by atoms with Crippen molar-refractivity contribution >= 4 is 23.5 Å². The van der Waals surface area contributed by atoms with Gasteiger partial charge in [-0.1, -0.05) is 17.7 Å². The van der Waals surface area contributed by atoms with E-state index in [0.29, 0.717) is 13.0 Å². The van der Waals surface area contributed by atoms with Crippen molar-refractivity contribution < 1.29 is 19.1 Å². The quantitative estimate of drug-likeness (QED) is 0.895. The minimum Gasteiger partial charge on any atom is -0.481 e. The van der Waals surface area contributed by atoms with Gasteiger partial charge in [-0.25, -0.2) is 4.39 Å². The topological polar surface area (TPSA) is 57.6 Å². The molecule has 1 atom stereocenters. The molecule has 1 saturated heterocycles. The number of likely N-dealkylation sites (tertiary alicyclic amines) is 1. The summed E-state index contributed by atoms with van der Waals surface area (Å²) in [4.78, 5) is 24.3. The lowest BCUT2D eigenvalue weighted by molar-refractivity contribution is -0.141. The maximum Gasteiger partial charge on any atom is 0.308 e. The summed E-state index contributed by atoms with van der Waals surface area (Å²) in [5, 5.41) is 8.64. The molecule has 2 rings (SSSR count). The standard InChI is InChI=1S/C12H11ClFNO3/c13-10-8(2-1-3-9(10)14)11(16)15-5-4-7(6-15)12(17)18/h1-3,7H,4-6H2,(H,17,18)/t7-/m0/s1. The number of rotatable bonds is 2. The predicted molar refractivity (Wildman–Crippen MR) is 63.1 cm³/mol. The molecule has 6 heteroatoms. The monoisotopic (exact) mass is 271 g/mol. The number of carbonyl (C=O) groups excluding carboxylic acids is 1. The van der Waals surface area contributed by atoms with E-state index >= 15 is 0 Å². The van der Waals surface area contributed by atoms with Gasteiger partial charge in [0.2, 0.25) is 0 Å². The second-order valence-corrected chi connectivity index (χ2v) is 4.55. The highest BCUT2D eigenvalue weighted by Gasteiger charge is 2.32. The third-order valence-electron chi connectivity index (χ3n) is 3.01. The number of hydrogen-bond donors (Lipinski definition) is 1. The van der Waals surface area contributed by atoms with Crippen molar-refractivity contribution in [3.05, 3.63) is 34.6 Å². The van der Waals surface area contributed by atoms with Crippen LogP contribution in [0.1, 0.15) is 16.8 Å². The molecule has 0 radical (unpaired) electrons. The molecule has 18 heavy (non-hydrogen) atoms. The van der Waals surface area contributed by atoms with E-state index in [1.807, 2.05) is 0 Å². The SMILES string of the molecule is O=C(O)[C@H]1CCN(C(=O)c2cccc(F)c2Cl)C1. The van der Waals surface area contributed by atoms with E-state index in [0.717, 1.165) is 0 Å². The fourth-order valence-electron chi connectivity index (χ4n) is 1.99. The summed E-state index contributed by atoms with van der Waals surface area (Å²) in [5.41, 5.74) is 0.0719. The predicted octanol–water partition coefficient (Wildman–Crippen LogP) is 2.03. The van der Waals surface area contributed by atoms with Gasteiger partial charge in [-0.2, -0.15) is 0 Å². The molecule has 1 fully saturated rings. The first-order valence-electron chi connectivity index (χ1n) is 5.47. The van der Waals surface area contributed by atoms with Crippen LogP contribution in [0.15, 0.2) is 18.2 Å². The Hall–Kier alpha value is -1.62. The number of carboxylic acid groups (broad SMARTS) is 1. The molecule has 1 N–H and O–H groups in total. The van der Waals surface area contributed by atoms with Crippen molar-refractivity contribution in [2.75, 3.05) is 13.1 Å². The minimum absolute atomic E-state index is 0.0719. The Morgan fingerprint density at radius 2 is 2.17 bits per heavy atom. The molecule has 1 aromatic rings. The van der Waals surface area contributed by atoms with Crippen molar-refractivity contribution in [1.29, 1.82) is 0 Å². The average molecular weight is 272 g/mol. The van der Waals surface area contributed by atoms with Crippen molar-refractivity contribution in [1.82, 2.24) is 4.90 Å². The highest BCUT2D eigenvalue weighted by molar-refractivity contribution is 6.34. The molecule has 0 saturated carbocycles. The zero-order valence-corrected chi connectivity index (χ0v) is 10.2. The van der Waals surface area contributed by atoms with Crippen LogP contribution < -0.4 is 0 Å². The van der Waals surface area contributed by atoms with Crippen LogP contribution in [0.4, 0.5) is 4.39 Å². The van der Waals surface area contributed by atoms with Gasteiger partial charge in [0, 0.05) is 13.1 Å². The Morgan fingerprint density at radius 3 is 2.78 bits per heavy atom. The molecule has 96 valence electrons. The Labute approximate surface area is 108 Å². The second-order valence-electron chi connectivity index (χ2n) is 4.18. The third-order valence-corrected chi connectivity index (χ3v) is 3.39. The van der Waals surface area contributed by atoms with Gasteiger partial charge in [0.15, 0.2) is 0 Å². The number of hydrogen-bond acceptors (Lipinski definition) is 2. The summed E-state index contributed by atoms with van der Waals surface area (Å²) < 4.78 is 13.2. The lowest BCUT2D eigenvalue weighted by Gasteiger charge is -2.16. The van der Waals surface area contributed by atoms with Crippen molar-refractivity contribution in [3.8, 4) is 0 Å². The number of amides is 1. The summed E-state index contributed by atoms with van der Waals surface area (Å²) in [6.45, 7) is 0.490. The Balaban J connectivity index is 2.18. The maximum atomic E-state index is 13.2. The summed E-state index contributed by atoms with van der Waals surface area (Å²) in [7, 11) is 0. The lowest BCUT2D eigenvalue weighted by Crippen LogP contribution is -2.30. The lowest BCUT2D eigenvalue weighted by atomic mass is 10.1. The van der Waals surface area contributed by atoms with Crippen molar-refractivity contribution in [2.45, 2.75) is 6.42 Å².